The van der Waals surface area contributed by atoms with E-state index in [1.165, 1.54) is 36.1 Å². The Kier molecular flexibility index (Phi) is 7.28. The van der Waals surface area contributed by atoms with E-state index in [4.69, 9.17) is 14.4 Å². The number of thioether (sulfide) groups is 1. The number of esters is 1. The fourth-order valence-electron chi connectivity index (χ4n) is 3.38. The van der Waals surface area contributed by atoms with Crippen molar-refractivity contribution in [2.24, 2.45) is 0 Å². The third-order valence-electron chi connectivity index (χ3n) is 5.09. The molecule has 2 heterocycles. The second-order valence-electron chi connectivity index (χ2n) is 7.46. The molecule has 0 aliphatic carbocycles. The second-order valence-corrected chi connectivity index (χ2v) is 8.40. The van der Waals surface area contributed by atoms with Crippen LogP contribution in [0.5, 0.6) is 0 Å². The van der Waals surface area contributed by atoms with Crippen molar-refractivity contribution in [2.45, 2.75) is 18.1 Å². The first-order chi connectivity index (χ1) is 17.0. The number of methoxy groups -OCH3 is 1. The number of anilines is 1. The van der Waals surface area contributed by atoms with Crippen molar-refractivity contribution >= 4 is 40.2 Å². The van der Waals surface area contributed by atoms with E-state index < -0.39 is 5.97 Å². The van der Waals surface area contributed by atoms with Gasteiger partial charge in [0.15, 0.2) is 5.16 Å². The molecule has 0 saturated carbocycles. The largest absolute Gasteiger partial charge is 0.467 e. The number of nitrogens with one attached hydrogen (secondary N) is 1. The van der Waals surface area contributed by atoms with E-state index in [1.54, 1.807) is 36.4 Å². The highest BCUT2D eigenvalue weighted by Gasteiger charge is 2.17. The number of carbonyl (C=O) groups is 2. The SMILES string of the molecule is COC(=O)c1ccc2c(=O)n(Cc3ccco3)c(SCC(=O)Nc3ccc(CC#N)cc3)nc2c1. The van der Waals surface area contributed by atoms with Gasteiger partial charge in [-0.05, 0) is 48.0 Å². The van der Waals surface area contributed by atoms with Crippen LogP contribution in [-0.4, -0.2) is 34.3 Å². The summed E-state index contributed by atoms with van der Waals surface area (Å²) in [4.78, 5) is 42.4. The third-order valence-corrected chi connectivity index (χ3v) is 6.07. The number of fused-ring (bicyclic) bond motifs is 1. The number of hydrogen-bond acceptors (Lipinski definition) is 8. The minimum atomic E-state index is -0.539. The minimum absolute atomic E-state index is 0.00720. The van der Waals surface area contributed by atoms with E-state index in [0.29, 0.717) is 33.9 Å². The first-order valence-corrected chi connectivity index (χ1v) is 11.5. The van der Waals surface area contributed by atoms with Gasteiger partial charge in [-0.15, -0.1) is 0 Å². The second kappa shape index (κ2) is 10.7. The van der Waals surface area contributed by atoms with Crippen molar-refractivity contribution in [1.29, 1.82) is 5.26 Å². The Morgan fingerprint density at radius 2 is 2.00 bits per heavy atom. The number of amides is 1. The molecular formula is C25H20N4O5S. The Labute approximate surface area is 204 Å². The summed E-state index contributed by atoms with van der Waals surface area (Å²) in [6.07, 6.45) is 1.81. The molecule has 0 unspecified atom stereocenters. The first-order valence-electron chi connectivity index (χ1n) is 10.5. The third kappa shape index (κ3) is 5.59. The van der Waals surface area contributed by atoms with Crippen molar-refractivity contribution < 1.29 is 18.7 Å². The summed E-state index contributed by atoms with van der Waals surface area (Å²) in [5.74, 6) is -0.275. The molecule has 1 amide bonds. The molecule has 10 heteroatoms. The van der Waals surface area contributed by atoms with Gasteiger partial charge in [-0.1, -0.05) is 23.9 Å². The number of furan rings is 1. The average molecular weight is 489 g/mol. The molecule has 0 aliphatic rings. The molecule has 0 saturated heterocycles. The fraction of sp³-hybridized carbons (Fsp3) is 0.160. The topological polar surface area (TPSA) is 127 Å². The predicted octanol–water partition coefficient (Wildman–Crippen LogP) is 3.62. The van der Waals surface area contributed by atoms with E-state index in [0.717, 1.165) is 17.3 Å². The van der Waals surface area contributed by atoms with Crippen LogP contribution in [0.15, 0.2) is 75.2 Å². The Morgan fingerprint density at radius 1 is 1.20 bits per heavy atom. The minimum Gasteiger partial charge on any atom is -0.467 e. The first kappa shape index (κ1) is 23.8. The summed E-state index contributed by atoms with van der Waals surface area (Å²) in [6.45, 7) is 0.137. The van der Waals surface area contributed by atoms with E-state index in [-0.39, 0.29) is 29.3 Å². The van der Waals surface area contributed by atoms with E-state index >= 15 is 0 Å². The smallest absolute Gasteiger partial charge is 0.337 e. The molecule has 0 atom stereocenters. The number of ether oxygens (including phenoxy) is 1. The van der Waals surface area contributed by atoms with Crippen molar-refractivity contribution in [1.82, 2.24) is 9.55 Å². The Balaban J connectivity index is 1.60. The van der Waals surface area contributed by atoms with Crippen LogP contribution in [0.4, 0.5) is 5.69 Å². The van der Waals surface area contributed by atoms with E-state index in [1.807, 2.05) is 0 Å². The molecule has 1 N–H and O–H groups in total. The van der Waals surface area contributed by atoms with Gasteiger partial charge in [0.1, 0.15) is 5.76 Å². The van der Waals surface area contributed by atoms with Crippen LogP contribution in [0.3, 0.4) is 0 Å². The molecule has 9 nitrogen and oxygen atoms in total. The lowest BCUT2D eigenvalue weighted by molar-refractivity contribution is -0.113. The maximum Gasteiger partial charge on any atom is 0.337 e. The zero-order valence-electron chi connectivity index (χ0n) is 18.7. The van der Waals surface area contributed by atoms with Crippen LogP contribution < -0.4 is 10.9 Å². The molecule has 0 bridgehead atoms. The lowest BCUT2D eigenvalue weighted by Crippen LogP contribution is -2.25. The van der Waals surface area contributed by atoms with Gasteiger partial charge < -0.3 is 14.5 Å². The quantitative estimate of drug-likeness (QED) is 0.226. The van der Waals surface area contributed by atoms with Crippen molar-refractivity contribution in [3.05, 3.63) is 88.1 Å². The average Bonchev–Trinajstić information content (AvgIpc) is 3.38. The Bertz CT molecular complexity index is 1470. The fourth-order valence-corrected chi connectivity index (χ4v) is 4.18. The van der Waals surface area contributed by atoms with Gasteiger partial charge in [-0.3, -0.25) is 14.2 Å². The van der Waals surface area contributed by atoms with Gasteiger partial charge in [0.2, 0.25) is 5.91 Å². The number of aromatic nitrogens is 2. The maximum absolute atomic E-state index is 13.3. The number of hydrogen-bond donors (Lipinski definition) is 1. The summed E-state index contributed by atoms with van der Waals surface area (Å²) in [7, 11) is 1.28. The molecule has 0 aliphatic heterocycles. The molecule has 35 heavy (non-hydrogen) atoms. The number of nitrogens with zero attached hydrogens (tertiary/aromatic N) is 3. The highest BCUT2D eigenvalue weighted by Crippen LogP contribution is 2.21. The van der Waals surface area contributed by atoms with E-state index in [2.05, 4.69) is 16.4 Å². The zero-order valence-corrected chi connectivity index (χ0v) is 19.5. The van der Waals surface area contributed by atoms with Crippen LogP contribution in [-0.2, 0) is 22.5 Å². The van der Waals surface area contributed by atoms with Crippen LogP contribution in [0, 0.1) is 11.3 Å². The molecular weight excluding hydrogens is 468 g/mol. The summed E-state index contributed by atoms with van der Waals surface area (Å²) in [5, 5.41) is 12.2. The van der Waals surface area contributed by atoms with Crippen molar-refractivity contribution in [3.8, 4) is 6.07 Å². The monoisotopic (exact) mass is 488 g/mol. The Hall–Kier alpha value is -4.36. The normalized spacial score (nSPS) is 10.6. The summed E-state index contributed by atoms with van der Waals surface area (Å²) >= 11 is 1.10. The highest BCUT2D eigenvalue weighted by atomic mass is 32.2. The number of nitriles is 1. The summed E-state index contributed by atoms with van der Waals surface area (Å²) in [6, 6.07) is 17.1. The summed E-state index contributed by atoms with van der Waals surface area (Å²) < 4.78 is 11.6. The summed E-state index contributed by atoms with van der Waals surface area (Å²) in [5.41, 5.74) is 1.72. The van der Waals surface area contributed by atoms with Gasteiger partial charge in [-0.25, -0.2) is 9.78 Å². The van der Waals surface area contributed by atoms with E-state index in [9.17, 15) is 14.4 Å². The van der Waals surface area contributed by atoms with Gasteiger partial charge in [-0.2, -0.15) is 5.26 Å². The van der Waals surface area contributed by atoms with Crippen molar-refractivity contribution in [3.63, 3.8) is 0 Å². The van der Waals surface area contributed by atoms with Gasteiger partial charge in [0.25, 0.3) is 5.56 Å². The molecule has 0 radical (unpaired) electrons. The standard InChI is InChI=1S/C25H20N4O5S/c1-33-24(32)17-6-9-20-21(13-17)28-25(29(23(20)31)14-19-3-2-12-34-19)35-15-22(30)27-18-7-4-16(5-8-18)10-11-26/h2-9,12-13H,10,14-15H2,1H3,(H,27,30). The number of rotatable bonds is 8. The molecule has 176 valence electrons. The van der Waals surface area contributed by atoms with Crippen LogP contribution >= 0.6 is 11.8 Å². The van der Waals surface area contributed by atoms with Gasteiger partial charge in [0.05, 0.1) is 54.6 Å². The molecule has 4 rings (SSSR count). The van der Waals surface area contributed by atoms with Gasteiger partial charge >= 0.3 is 5.97 Å². The molecule has 0 fully saturated rings. The predicted molar refractivity (Wildman–Crippen MR) is 130 cm³/mol. The van der Waals surface area contributed by atoms with Crippen LogP contribution in [0.1, 0.15) is 21.7 Å². The van der Waals surface area contributed by atoms with Crippen LogP contribution in [0.2, 0.25) is 0 Å². The van der Waals surface area contributed by atoms with Crippen molar-refractivity contribution in [2.75, 3.05) is 18.2 Å². The lowest BCUT2D eigenvalue weighted by Gasteiger charge is -2.13. The highest BCUT2D eigenvalue weighted by molar-refractivity contribution is 7.99. The molecule has 2 aromatic carbocycles. The van der Waals surface area contributed by atoms with Gasteiger partial charge in [0, 0.05) is 5.69 Å². The zero-order chi connectivity index (χ0) is 24.8. The number of carbonyl (C=O) groups excluding carboxylic acids is 2. The lowest BCUT2D eigenvalue weighted by atomic mass is 10.1. The van der Waals surface area contributed by atoms with Crippen LogP contribution in [0.25, 0.3) is 10.9 Å². The number of benzene rings is 2. The molecule has 0 spiro atoms. The maximum atomic E-state index is 13.3. The molecule has 4 aromatic rings. The Morgan fingerprint density at radius 3 is 2.69 bits per heavy atom. The molecule has 2 aromatic heterocycles.